The molecule has 1 amide bonds. The molecule has 1 aliphatic heterocycles. The second-order valence-electron chi connectivity index (χ2n) is 6.14. The number of aromatic nitrogens is 1. The number of H-pyrrole nitrogens is 1. The normalized spacial score (nSPS) is 16.2. The third kappa shape index (κ3) is 3.94. The Morgan fingerprint density at radius 3 is 2.62 bits per heavy atom. The van der Waals surface area contributed by atoms with Crippen molar-refractivity contribution in [3.05, 3.63) is 33.7 Å². The quantitative estimate of drug-likeness (QED) is 0.884. The van der Waals surface area contributed by atoms with Gasteiger partial charge in [-0.3, -0.25) is 9.59 Å². The lowest BCUT2D eigenvalue weighted by atomic mass is 9.96. The number of rotatable bonds is 4. The minimum atomic E-state index is -0.202. The van der Waals surface area contributed by atoms with Crippen LogP contribution in [-0.2, 0) is 0 Å². The molecule has 2 rings (SSSR count). The Morgan fingerprint density at radius 2 is 2.05 bits per heavy atom. The van der Waals surface area contributed by atoms with Crippen LogP contribution in [-0.4, -0.2) is 41.5 Å². The van der Waals surface area contributed by atoms with Gasteiger partial charge in [0.2, 0.25) is 0 Å². The highest BCUT2D eigenvalue weighted by Crippen LogP contribution is 2.16. The molecule has 2 N–H and O–H groups in total. The molecular weight excluding hydrogens is 266 g/mol. The number of piperidine rings is 1. The first-order valence-corrected chi connectivity index (χ1v) is 7.70. The van der Waals surface area contributed by atoms with E-state index in [-0.39, 0.29) is 22.9 Å². The Bertz CT molecular complexity index is 545. The van der Waals surface area contributed by atoms with Gasteiger partial charge in [-0.1, -0.05) is 0 Å². The molecule has 0 spiro atoms. The number of hydrogen-bond donors (Lipinski definition) is 2. The van der Waals surface area contributed by atoms with Crippen molar-refractivity contribution in [2.75, 3.05) is 19.6 Å². The summed E-state index contributed by atoms with van der Waals surface area (Å²) in [6.45, 7) is 8.56. The van der Waals surface area contributed by atoms with Crippen LogP contribution < -0.4 is 10.7 Å². The van der Waals surface area contributed by atoms with Crippen molar-refractivity contribution in [1.82, 2.24) is 15.2 Å². The van der Waals surface area contributed by atoms with E-state index in [1.807, 2.05) is 25.7 Å². The summed E-state index contributed by atoms with van der Waals surface area (Å²) in [5.41, 5.74) is 0.807. The van der Waals surface area contributed by atoms with Gasteiger partial charge in [0.25, 0.3) is 5.91 Å². The van der Waals surface area contributed by atoms with E-state index in [0.29, 0.717) is 5.92 Å². The molecule has 0 atom stereocenters. The predicted octanol–water partition coefficient (Wildman–Crippen LogP) is 1.53. The fourth-order valence-corrected chi connectivity index (χ4v) is 2.77. The zero-order chi connectivity index (χ0) is 15.4. The van der Waals surface area contributed by atoms with E-state index in [1.54, 1.807) is 0 Å². The van der Waals surface area contributed by atoms with Crippen LogP contribution >= 0.6 is 0 Å². The standard InChI is InChI=1S/C16H25N3O2/c1-11(2)19(10-13-4-6-17-7-5-13)16(21)14-9-18-12(3)8-15(14)20/h8-9,11,13,17H,4-7,10H2,1-3H3,(H,18,20). The molecule has 0 saturated carbocycles. The first-order chi connectivity index (χ1) is 9.99. The Labute approximate surface area is 125 Å². The maximum Gasteiger partial charge on any atom is 0.259 e. The van der Waals surface area contributed by atoms with Crippen LogP contribution in [0.2, 0.25) is 0 Å². The molecule has 1 aliphatic rings. The molecule has 116 valence electrons. The number of amides is 1. The Balaban J connectivity index is 2.16. The number of nitrogens with one attached hydrogen (secondary N) is 2. The molecule has 1 aromatic heterocycles. The van der Waals surface area contributed by atoms with Gasteiger partial charge in [-0.15, -0.1) is 0 Å². The summed E-state index contributed by atoms with van der Waals surface area (Å²) in [6, 6.07) is 1.57. The lowest BCUT2D eigenvalue weighted by molar-refractivity contribution is 0.0656. The van der Waals surface area contributed by atoms with Crippen molar-refractivity contribution in [3.63, 3.8) is 0 Å². The summed E-state index contributed by atoms with van der Waals surface area (Å²) >= 11 is 0. The van der Waals surface area contributed by atoms with E-state index < -0.39 is 0 Å². The van der Waals surface area contributed by atoms with Crippen LogP contribution in [0.3, 0.4) is 0 Å². The topological polar surface area (TPSA) is 65.2 Å². The average molecular weight is 291 g/mol. The van der Waals surface area contributed by atoms with Gasteiger partial charge in [-0.05, 0) is 52.6 Å². The Hall–Kier alpha value is -1.62. The van der Waals surface area contributed by atoms with Gasteiger partial charge in [0.05, 0.1) is 0 Å². The predicted molar refractivity (Wildman–Crippen MR) is 83.6 cm³/mol. The van der Waals surface area contributed by atoms with Crippen molar-refractivity contribution < 1.29 is 4.79 Å². The van der Waals surface area contributed by atoms with Crippen LogP contribution in [0, 0.1) is 12.8 Å². The maximum atomic E-state index is 12.7. The minimum absolute atomic E-state index is 0.0908. The number of aromatic amines is 1. The van der Waals surface area contributed by atoms with Gasteiger partial charge >= 0.3 is 0 Å². The van der Waals surface area contributed by atoms with Crippen molar-refractivity contribution in [2.24, 2.45) is 5.92 Å². The molecule has 0 unspecified atom stereocenters. The molecule has 2 heterocycles. The molecule has 0 aromatic carbocycles. The van der Waals surface area contributed by atoms with Crippen molar-refractivity contribution >= 4 is 5.91 Å². The number of pyridine rings is 1. The molecule has 1 aromatic rings. The Kier molecular flexibility index (Phi) is 5.17. The highest BCUT2D eigenvalue weighted by atomic mass is 16.2. The summed E-state index contributed by atoms with van der Waals surface area (Å²) in [5.74, 6) is 0.354. The molecule has 5 heteroatoms. The van der Waals surface area contributed by atoms with Crippen molar-refractivity contribution in [1.29, 1.82) is 0 Å². The van der Waals surface area contributed by atoms with Crippen LogP contribution in [0.25, 0.3) is 0 Å². The van der Waals surface area contributed by atoms with Crippen LogP contribution in [0.1, 0.15) is 42.7 Å². The molecule has 1 saturated heterocycles. The van der Waals surface area contributed by atoms with Gasteiger partial charge < -0.3 is 15.2 Å². The van der Waals surface area contributed by atoms with Gasteiger partial charge in [-0.25, -0.2) is 0 Å². The van der Waals surface area contributed by atoms with Crippen LogP contribution in [0.5, 0.6) is 0 Å². The lowest BCUT2D eigenvalue weighted by Crippen LogP contribution is -2.44. The van der Waals surface area contributed by atoms with Crippen LogP contribution in [0.4, 0.5) is 0 Å². The fourth-order valence-electron chi connectivity index (χ4n) is 2.77. The van der Waals surface area contributed by atoms with E-state index in [4.69, 9.17) is 0 Å². The summed E-state index contributed by atoms with van der Waals surface area (Å²) in [7, 11) is 0. The number of nitrogens with zero attached hydrogens (tertiary/aromatic N) is 1. The third-order valence-corrected chi connectivity index (χ3v) is 4.09. The van der Waals surface area contributed by atoms with Crippen molar-refractivity contribution in [2.45, 2.75) is 39.7 Å². The SMILES string of the molecule is Cc1cc(=O)c(C(=O)N(CC2CCNCC2)C(C)C)c[nH]1. The smallest absolute Gasteiger partial charge is 0.259 e. The zero-order valence-corrected chi connectivity index (χ0v) is 13.1. The van der Waals surface area contributed by atoms with Gasteiger partial charge in [0, 0.05) is 30.5 Å². The van der Waals surface area contributed by atoms with E-state index in [1.165, 1.54) is 12.3 Å². The molecule has 0 bridgehead atoms. The third-order valence-electron chi connectivity index (χ3n) is 4.09. The monoisotopic (exact) mass is 291 g/mol. The average Bonchev–Trinajstić information content (AvgIpc) is 2.45. The summed E-state index contributed by atoms with van der Waals surface area (Å²) in [5, 5.41) is 3.33. The number of aryl methyl sites for hydroxylation is 1. The largest absolute Gasteiger partial charge is 0.364 e. The highest BCUT2D eigenvalue weighted by molar-refractivity contribution is 5.94. The minimum Gasteiger partial charge on any atom is -0.364 e. The highest BCUT2D eigenvalue weighted by Gasteiger charge is 2.25. The van der Waals surface area contributed by atoms with Gasteiger partial charge in [-0.2, -0.15) is 0 Å². The van der Waals surface area contributed by atoms with E-state index in [0.717, 1.165) is 38.2 Å². The van der Waals surface area contributed by atoms with E-state index >= 15 is 0 Å². The van der Waals surface area contributed by atoms with E-state index in [2.05, 4.69) is 10.3 Å². The van der Waals surface area contributed by atoms with Crippen molar-refractivity contribution in [3.8, 4) is 0 Å². The summed E-state index contributed by atoms with van der Waals surface area (Å²) in [4.78, 5) is 29.5. The molecule has 1 fully saturated rings. The van der Waals surface area contributed by atoms with E-state index in [9.17, 15) is 9.59 Å². The second kappa shape index (κ2) is 6.89. The molecule has 5 nitrogen and oxygen atoms in total. The number of carbonyl (C=O) groups excluding carboxylic acids is 1. The molecule has 21 heavy (non-hydrogen) atoms. The Morgan fingerprint density at radius 1 is 1.38 bits per heavy atom. The number of carbonyl (C=O) groups is 1. The molecule has 0 radical (unpaired) electrons. The zero-order valence-electron chi connectivity index (χ0n) is 13.1. The second-order valence-corrected chi connectivity index (χ2v) is 6.14. The maximum absolute atomic E-state index is 12.7. The first kappa shape index (κ1) is 15.8. The molecular formula is C16H25N3O2. The van der Waals surface area contributed by atoms with Gasteiger partial charge in [0.1, 0.15) is 5.56 Å². The first-order valence-electron chi connectivity index (χ1n) is 7.70. The lowest BCUT2D eigenvalue weighted by Gasteiger charge is -2.32. The molecule has 0 aliphatic carbocycles. The van der Waals surface area contributed by atoms with Crippen LogP contribution in [0.15, 0.2) is 17.1 Å². The fraction of sp³-hybridized carbons (Fsp3) is 0.625. The summed E-state index contributed by atoms with van der Waals surface area (Å²) < 4.78 is 0. The summed E-state index contributed by atoms with van der Waals surface area (Å²) in [6.07, 6.45) is 3.71. The van der Waals surface area contributed by atoms with Gasteiger partial charge in [0.15, 0.2) is 5.43 Å². The number of hydrogen-bond acceptors (Lipinski definition) is 3.